The number of carbonyl (C=O) groups excluding carboxylic acids is 1. The molecule has 0 aliphatic rings. The molecule has 1 N–H and O–H groups in total. The molecule has 5 nitrogen and oxygen atoms in total. The van der Waals surface area contributed by atoms with Crippen LogP contribution in [0.4, 0.5) is 5.69 Å². The van der Waals surface area contributed by atoms with Gasteiger partial charge in [-0.25, -0.2) is 8.42 Å². The molecule has 2 rings (SSSR count). The quantitative estimate of drug-likeness (QED) is 0.741. The number of anilines is 1. The Morgan fingerprint density at radius 2 is 1.69 bits per heavy atom. The molecule has 8 heteroatoms. The van der Waals surface area contributed by atoms with Crippen LogP contribution in [0.2, 0.25) is 10.0 Å². The van der Waals surface area contributed by atoms with Gasteiger partial charge in [0.05, 0.1) is 10.6 Å². The topological polar surface area (TPSA) is 66.5 Å². The van der Waals surface area contributed by atoms with Gasteiger partial charge in [0.1, 0.15) is 6.54 Å². The Morgan fingerprint density at radius 3 is 2.23 bits per heavy atom. The summed E-state index contributed by atoms with van der Waals surface area (Å²) >= 11 is 12.1. The number of carbonyl (C=O) groups is 1. The number of halogens is 2. The van der Waals surface area contributed by atoms with Gasteiger partial charge >= 0.3 is 0 Å². The van der Waals surface area contributed by atoms with Gasteiger partial charge in [0.2, 0.25) is 5.91 Å². The summed E-state index contributed by atoms with van der Waals surface area (Å²) in [6.07, 6.45) is 0.736. The first-order valence-electron chi connectivity index (χ1n) is 8.07. The van der Waals surface area contributed by atoms with Crippen LogP contribution in [0.15, 0.2) is 53.4 Å². The summed E-state index contributed by atoms with van der Waals surface area (Å²) in [7, 11) is -3.97. The van der Waals surface area contributed by atoms with E-state index in [1.165, 1.54) is 30.3 Å². The van der Waals surface area contributed by atoms with E-state index in [0.717, 1.165) is 10.7 Å². The Balaban J connectivity index is 2.46. The summed E-state index contributed by atoms with van der Waals surface area (Å²) in [4.78, 5) is 12.4. The van der Waals surface area contributed by atoms with Gasteiger partial charge in [0.25, 0.3) is 10.0 Å². The van der Waals surface area contributed by atoms with Crippen LogP contribution in [0.3, 0.4) is 0 Å². The fourth-order valence-corrected chi connectivity index (χ4v) is 4.21. The Kier molecular flexibility index (Phi) is 6.92. The lowest BCUT2D eigenvalue weighted by molar-refractivity contribution is -0.120. The molecular weight excluding hydrogens is 395 g/mol. The first-order chi connectivity index (χ1) is 12.2. The molecule has 140 valence electrons. The Hall–Kier alpha value is -1.76. The van der Waals surface area contributed by atoms with Crippen molar-refractivity contribution in [3.05, 3.63) is 58.6 Å². The molecule has 0 aliphatic carbocycles. The van der Waals surface area contributed by atoms with E-state index in [9.17, 15) is 13.2 Å². The minimum absolute atomic E-state index is 0.0632. The zero-order chi connectivity index (χ0) is 19.3. The van der Waals surface area contributed by atoms with E-state index in [1.807, 2.05) is 13.8 Å². The second-order valence-electron chi connectivity index (χ2n) is 5.83. The predicted octanol–water partition coefficient (Wildman–Crippen LogP) is 4.10. The molecule has 0 unspecified atom stereocenters. The first-order valence-corrected chi connectivity index (χ1v) is 10.3. The van der Waals surface area contributed by atoms with Crippen molar-refractivity contribution in [2.45, 2.75) is 31.2 Å². The zero-order valence-electron chi connectivity index (χ0n) is 14.4. The van der Waals surface area contributed by atoms with Gasteiger partial charge in [-0.2, -0.15) is 0 Å². The molecule has 1 atom stereocenters. The molecule has 1 amide bonds. The molecule has 0 radical (unpaired) electrons. The van der Waals surface area contributed by atoms with Crippen molar-refractivity contribution in [2.75, 3.05) is 10.8 Å². The van der Waals surface area contributed by atoms with Crippen LogP contribution in [-0.4, -0.2) is 26.9 Å². The summed E-state index contributed by atoms with van der Waals surface area (Å²) in [6.45, 7) is 3.41. The lowest BCUT2D eigenvalue weighted by Gasteiger charge is -2.25. The highest BCUT2D eigenvalue weighted by atomic mass is 35.5. The second kappa shape index (κ2) is 8.75. The van der Waals surface area contributed by atoms with Crippen LogP contribution in [0, 0.1) is 0 Å². The fourth-order valence-electron chi connectivity index (χ4n) is 2.27. The van der Waals surface area contributed by atoms with Gasteiger partial charge in [0.15, 0.2) is 0 Å². The Bertz CT molecular complexity index is 853. The van der Waals surface area contributed by atoms with Crippen LogP contribution in [0.25, 0.3) is 0 Å². The van der Waals surface area contributed by atoms with Crippen molar-refractivity contribution in [3.8, 4) is 0 Å². The van der Waals surface area contributed by atoms with Gasteiger partial charge in [0, 0.05) is 16.1 Å². The van der Waals surface area contributed by atoms with Gasteiger partial charge in [-0.05, 0) is 43.7 Å². The highest BCUT2D eigenvalue weighted by Crippen LogP contribution is 2.29. The Morgan fingerprint density at radius 1 is 1.12 bits per heavy atom. The number of hydrogen-bond acceptors (Lipinski definition) is 3. The number of sulfonamides is 1. The highest BCUT2D eigenvalue weighted by molar-refractivity contribution is 7.92. The molecule has 0 spiro atoms. The van der Waals surface area contributed by atoms with Crippen molar-refractivity contribution in [2.24, 2.45) is 0 Å². The van der Waals surface area contributed by atoms with Crippen LogP contribution in [-0.2, 0) is 14.8 Å². The SMILES string of the molecule is CC[C@H](C)NC(=O)CN(c1cc(Cl)cc(Cl)c1)S(=O)(=O)c1ccccc1. The maximum Gasteiger partial charge on any atom is 0.264 e. The molecular formula is C18H20Cl2N2O3S. The van der Waals surface area contributed by atoms with Crippen LogP contribution < -0.4 is 9.62 Å². The standard InChI is InChI=1S/C18H20Cl2N2O3S/c1-3-13(2)21-18(23)12-22(16-10-14(19)9-15(20)11-16)26(24,25)17-7-5-4-6-8-17/h4-11,13H,3,12H2,1-2H3,(H,21,23)/t13-/m0/s1. The molecule has 0 heterocycles. The number of nitrogens with one attached hydrogen (secondary N) is 1. The van der Waals surface area contributed by atoms with E-state index in [2.05, 4.69) is 5.32 Å². The molecule has 0 aliphatic heterocycles. The van der Waals surface area contributed by atoms with Crippen molar-refractivity contribution in [1.82, 2.24) is 5.32 Å². The van der Waals surface area contributed by atoms with Crippen molar-refractivity contribution >= 4 is 44.8 Å². The average Bonchev–Trinajstić information content (AvgIpc) is 2.59. The largest absolute Gasteiger partial charge is 0.352 e. The van der Waals surface area contributed by atoms with E-state index in [4.69, 9.17) is 23.2 Å². The number of amides is 1. The van der Waals surface area contributed by atoms with E-state index in [1.54, 1.807) is 18.2 Å². The summed E-state index contributed by atoms with van der Waals surface area (Å²) in [6, 6.07) is 12.3. The third-order valence-electron chi connectivity index (χ3n) is 3.77. The molecule has 0 bridgehead atoms. The Labute approximate surface area is 164 Å². The maximum absolute atomic E-state index is 13.1. The molecule has 2 aromatic rings. The second-order valence-corrected chi connectivity index (χ2v) is 8.56. The van der Waals surface area contributed by atoms with E-state index < -0.39 is 15.9 Å². The van der Waals surface area contributed by atoms with Gasteiger partial charge < -0.3 is 5.32 Å². The maximum atomic E-state index is 13.1. The van der Waals surface area contributed by atoms with Crippen molar-refractivity contribution < 1.29 is 13.2 Å². The normalized spacial score (nSPS) is 12.5. The third kappa shape index (κ3) is 5.13. The fraction of sp³-hybridized carbons (Fsp3) is 0.278. The summed E-state index contributed by atoms with van der Waals surface area (Å²) in [5.41, 5.74) is 0.227. The van der Waals surface area contributed by atoms with Crippen molar-refractivity contribution in [1.29, 1.82) is 0 Å². The average molecular weight is 415 g/mol. The van der Waals surface area contributed by atoms with E-state index in [-0.39, 0.29) is 33.2 Å². The monoisotopic (exact) mass is 414 g/mol. The summed E-state index contributed by atoms with van der Waals surface area (Å²) < 4.78 is 27.2. The minimum Gasteiger partial charge on any atom is -0.352 e. The van der Waals surface area contributed by atoms with Crippen LogP contribution in [0.5, 0.6) is 0 Å². The molecule has 0 saturated heterocycles. The zero-order valence-corrected chi connectivity index (χ0v) is 16.8. The first kappa shape index (κ1) is 20.6. The van der Waals surface area contributed by atoms with Gasteiger partial charge in [-0.1, -0.05) is 48.3 Å². The smallest absolute Gasteiger partial charge is 0.264 e. The predicted molar refractivity (Wildman–Crippen MR) is 105 cm³/mol. The van der Waals surface area contributed by atoms with Crippen molar-refractivity contribution in [3.63, 3.8) is 0 Å². The number of hydrogen-bond donors (Lipinski definition) is 1. The molecule has 0 fully saturated rings. The summed E-state index contributed by atoms with van der Waals surface area (Å²) in [5, 5.41) is 3.33. The van der Waals surface area contributed by atoms with Gasteiger partial charge in [-0.3, -0.25) is 9.10 Å². The van der Waals surface area contributed by atoms with Crippen LogP contribution in [0.1, 0.15) is 20.3 Å². The highest BCUT2D eigenvalue weighted by Gasteiger charge is 2.27. The molecule has 26 heavy (non-hydrogen) atoms. The molecule has 0 aromatic heterocycles. The number of rotatable bonds is 7. The minimum atomic E-state index is -3.97. The lowest BCUT2D eigenvalue weighted by Crippen LogP contribution is -2.43. The van der Waals surface area contributed by atoms with Gasteiger partial charge in [-0.15, -0.1) is 0 Å². The number of nitrogens with zero attached hydrogens (tertiary/aromatic N) is 1. The lowest BCUT2D eigenvalue weighted by atomic mass is 10.2. The third-order valence-corrected chi connectivity index (χ3v) is 6.00. The summed E-state index contributed by atoms with van der Waals surface area (Å²) in [5.74, 6) is -0.407. The number of benzene rings is 2. The van der Waals surface area contributed by atoms with E-state index in [0.29, 0.717) is 0 Å². The molecule has 0 saturated carbocycles. The van der Waals surface area contributed by atoms with Crippen LogP contribution >= 0.6 is 23.2 Å². The molecule has 2 aromatic carbocycles. The van der Waals surface area contributed by atoms with E-state index >= 15 is 0 Å².